The molecule has 0 aliphatic rings. The molecule has 0 aromatic heterocycles. The van der Waals surface area contributed by atoms with Crippen LogP contribution in [-0.2, 0) is 4.74 Å². The molecular weight excluding hydrogens is 342 g/mol. The predicted molar refractivity (Wildman–Crippen MR) is 107 cm³/mol. The quantitative estimate of drug-likeness (QED) is 0.529. The molecular formula is C22H21NO4. The molecule has 3 rings (SSSR count). The van der Waals surface area contributed by atoms with Gasteiger partial charge in [0.05, 0.1) is 17.7 Å². The highest BCUT2D eigenvalue weighted by molar-refractivity contribution is 5.90. The summed E-state index contributed by atoms with van der Waals surface area (Å²) in [4.78, 5) is 35.8. The van der Waals surface area contributed by atoms with Gasteiger partial charge in [0.1, 0.15) is 5.69 Å². The second kappa shape index (κ2) is 7.58. The average Bonchev–Trinajstić information content (AvgIpc) is 2.68. The van der Waals surface area contributed by atoms with E-state index < -0.39 is 16.8 Å². The lowest BCUT2D eigenvalue weighted by molar-refractivity contribution is 0.0526. The van der Waals surface area contributed by atoms with Gasteiger partial charge in [-0.05, 0) is 48.2 Å². The van der Waals surface area contributed by atoms with E-state index in [0.29, 0.717) is 29.3 Å². The zero-order chi connectivity index (χ0) is 19.6. The molecule has 0 bridgehead atoms. The van der Waals surface area contributed by atoms with Gasteiger partial charge in [-0.25, -0.2) is 4.79 Å². The summed E-state index contributed by atoms with van der Waals surface area (Å²) in [5.41, 5.74) is 2.58. The van der Waals surface area contributed by atoms with Crippen molar-refractivity contribution < 1.29 is 9.53 Å². The highest BCUT2D eigenvalue weighted by atomic mass is 16.5. The van der Waals surface area contributed by atoms with Gasteiger partial charge in [-0.3, -0.25) is 9.59 Å². The van der Waals surface area contributed by atoms with Crippen molar-refractivity contribution in [1.82, 2.24) is 0 Å². The summed E-state index contributed by atoms with van der Waals surface area (Å²) >= 11 is 0. The molecule has 0 amide bonds. The third kappa shape index (κ3) is 3.67. The Morgan fingerprint density at radius 3 is 2.15 bits per heavy atom. The maximum atomic E-state index is 12.1. The van der Waals surface area contributed by atoms with Crippen molar-refractivity contribution in [3.05, 3.63) is 80.1 Å². The largest absolute Gasteiger partial charge is 0.462 e. The number of anilines is 2. The van der Waals surface area contributed by atoms with Gasteiger partial charge >= 0.3 is 5.97 Å². The molecule has 0 radical (unpaired) electrons. The number of rotatable bonds is 6. The minimum absolute atomic E-state index is 0.279. The monoisotopic (exact) mass is 363 g/mol. The third-order valence-corrected chi connectivity index (χ3v) is 4.44. The molecule has 0 heterocycles. The first kappa shape index (κ1) is 18.6. The SMILES string of the molecule is CCOC(=O)c1ccc(Nc2c(-c3ccc(C(C)C)cc3)c(=O)c2=O)cc1. The summed E-state index contributed by atoms with van der Waals surface area (Å²) in [5.74, 6) is -0.00800. The van der Waals surface area contributed by atoms with E-state index in [9.17, 15) is 14.4 Å². The van der Waals surface area contributed by atoms with E-state index in [1.165, 1.54) is 5.56 Å². The lowest BCUT2D eigenvalue weighted by Crippen LogP contribution is -2.35. The van der Waals surface area contributed by atoms with Crippen LogP contribution in [0.5, 0.6) is 0 Å². The highest BCUT2D eigenvalue weighted by Crippen LogP contribution is 2.28. The number of ether oxygens (including phenoxy) is 1. The molecule has 3 aromatic carbocycles. The Kier molecular flexibility index (Phi) is 5.21. The summed E-state index contributed by atoms with van der Waals surface area (Å²) in [7, 11) is 0. The van der Waals surface area contributed by atoms with E-state index in [1.54, 1.807) is 31.2 Å². The van der Waals surface area contributed by atoms with Gasteiger partial charge in [0.25, 0.3) is 5.43 Å². The molecule has 3 aromatic rings. The fourth-order valence-electron chi connectivity index (χ4n) is 2.87. The maximum Gasteiger partial charge on any atom is 0.338 e. The van der Waals surface area contributed by atoms with Crippen molar-refractivity contribution >= 4 is 17.3 Å². The van der Waals surface area contributed by atoms with Crippen LogP contribution in [0.4, 0.5) is 11.4 Å². The molecule has 27 heavy (non-hydrogen) atoms. The second-order valence-electron chi connectivity index (χ2n) is 6.61. The fraction of sp³-hybridized carbons (Fsp3) is 0.227. The highest BCUT2D eigenvalue weighted by Gasteiger charge is 2.22. The van der Waals surface area contributed by atoms with Gasteiger partial charge in [-0.2, -0.15) is 0 Å². The minimum atomic E-state index is -0.535. The van der Waals surface area contributed by atoms with Gasteiger partial charge in [-0.1, -0.05) is 38.1 Å². The molecule has 1 N–H and O–H groups in total. The second-order valence-corrected chi connectivity index (χ2v) is 6.61. The van der Waals surface area contributed by atoms with Crippen molar-refractivity contribution in [3.8, 4) is 11.1 Å². The molecule has 0 spiro atoms. The predicted octanol–water partition coefficient (Wildman–Crippen LogP) is 3.99. The molecule has 0 aliphatic heterocycles. The first-order valence-corrected chi connectivity index (χ1v) is 8.90. The Morgan fingerprint density at radius 1 is 0.963 bits per heavy atom. The number of carbonyl (C=O) groups excluding carboxylic acids is 1. The Balaban J connectivity index is 1.85. The zero-order valence-electron chi connectivity index (χ0n) is 15.5. The summed E-state index contributed by atoms with van der Waals surface area (Å²) in [5, 5.41) is 3.00. The Bertz CT molecular complexity index is 1020. The molecule has 5 nitrogen and oxygen atoms in total. The average molecular weight is 363 g/mol. The summed E-state index contributed by atoms with van der Waals surface area (Å²) < 4.78 is 4.95. The Labute approximate surface area is 157 Å². The van der Waals surface area contributed by atoms with E-state index in [2.05, 4.69) is 19.2 Å². The third-order valence-electron chi connectivity index (χ3n) is 4.44. The van der Waals surface area contributed by atoms with Gasteiger partial charge in [0, 0.05) is 5.69 Å². The smallest absolute Gasteiger partial charge is 0.338 e. The molecule has 5 heteroatoms. The minimum Gasteiger partial charge on any atom is -0.462 e. The van der Waals surface area contributed by atoms with Crippen molar-refractivity contribution in [1.29, 1.82) is 0 Å². The van der Waals surface area contributed by atoms with E-state index >= 15 is 0 Å². The van der Waals surface area contributed by atoms with Crippen LogP contribution in [0.25, 0.3) is 11.1 Å². The lowest BCUT2D eigenvalue weighted by atomic mass is 9.95. The van der Waals surface area contributed by atoms with Crippen LogP contribution in [0.1, 0.15) is 42.6 Å². The van der Waals surface area contributed by atoms with Crippen LogP contribution in [-0.4, -0.2) is 12.6 Å². The van der Waals surface area contributed by atoms with Crippen LogP contribution in [0, 0.1) is 0 Å². The standard InChI is InChI=1S/C22H21NO4/c1-4-27-22(26)16-9-11-17(12-10-16)23-19-18(20(24)21(19)25)15-7-5-14(6-8-15)13(2)3/h5-13,23H,4H2,1-3H3. The first-order valence-electron chi connectivity index (χ1n) is 8.90. The Morgan fingerprint density at radius 2 is 1.59 bits per heavy atom. The van der Waals surface area contributed by atoms with Crippen LogP contribution in [0.3, 0.4) is 0 Å². The van der Waals surface area contributed by atoms with Crippen molar-refractivity contribution in [2.24, 2.45) is 0 Å². The Hall–Kier alpha value is -3.21. The summed E-state index contributed by atoms with van der Waals surface area (Å²) in [6.07, 6.45) is 0. The number of benzene rings is 2. The molecule has 0 unspecified atom stereocenters. The molecule has 0 saturated carbocycles. The lowest BCUT2D eigenvalue weighted by Gasteiger charge is -2.14. The molecule has 0 fully saturated rings. The van der Waals surface area contributed by atoms with Crippen LogP contribution in [0.15, 0.2) is 58.1 Å². The first-order chi connectivity index (χ1) is 12.9. The normalized spacial score (nSPS) is 11.0. The molecule has 0 saturated heterocycles. The zero-order valence-corrected chi connectivity index (χ0v) is 15.5. The number of carbonyl (C=O) groups is 1. The van der Waals surface area contributed by atoms with Crippen LogP contribution < -0.4 is 16.2 Å². The maximum absolute atomic E-state index is 12.1. The number of hydrogen-bond donors (Lipinski definition) is 1. The topological polar surface area (TPSA) is 72.5 Å². The van der Waals surface area contributed by atoms with E-state index in [0.717, 1.165) is 5.56 Å². The van der Waals surface area contributed by atoms with Crippen molar-refractivity contribution in [2.75, 3.05) is 11.9 Å². The van der Waals surface area contributed by atoms with E-state index in [1.807, 2.05) is 24.3 Å². The van der Waals surface area contributed by atoms with Gasteiger partial charge < -0.3 is 10.1 Å². The molecule has 0 atom stereocenters. The van der Waals surface area contributed by atoms with Crippen LogP contribution in [0.2, 0.25) is 0 Å². The van der Waals surface area contributed by atoms with Crippen LogP contribution >= 0.6 is 0 Å². The molecule has 0 aliphatic carbocycles. The number of nitrogens with one attached hydrogen (secondary N) is 1. The van der Waals surface area contributed by atoms with Gasteiger partial charge in [0.2, 0.25) is 5.43 Å². The molecule has 138 valence electrons. The number of esters is 1. The summed E-state index contributed by atoms with van der Waals surface area (Å²) in [6.45, 7) is 6.24. The fourth-order valence-corrected chi connectivity index (χ4v) is 2.87. The van der Waals surface area contributed by atoms with E-state index in [-0.39, 0.29) is 5.69 Å². The van der Waals surface area contributed by atoms with Gasteiger partial charge in [-0.15, -0.1) is 0 Å². The van der Waals surface area contributed by atoms with Crippen molar-refractivity contribution in [3.63, 3.8) is 0 Å². The summed E-state index contributed by atoms with van der Waals surface area (Å²) in [6, 6.07) is 14.2. The van der Waals surface area contributed by atoms with Crippen molar-refractivity contribution in [2.45, 2.75) is 26.7 Å². The van der Waals surface area contributed by atoms with E-state index in [4.69, 9.17) is 4.74 Å². The van der Waals surface area contributed by atoms with Gasteiger partial charge in [0.15, 0.2) is 0 Å². The number of hydrogen-bond acceptors (Lipinski definition) is 5.